The summed E-state index contributed by atoms with van der Waals surface area (Å²) < 4.78 is 21.0. The summed E-state index contributed by atoms with van der Waals surface area (Å²) >= 11 is 0. The molecule has 21 heavy (non-hydrogen) atoms. The zero-order valence-electron chi connectivity index (χ0n) is 11.8. The lowest BCUT2D eigenvalue weighted by molar-refractivity contribution is 0.340. The topological polar surface area (TPSA) is 40.2 Å². The molecule has 0 bridgehead atoms. The number of hydrogen-bond acceptors (Lipinski definition) is 2. The Hall–Kier alpha value is -2.49. The number of halogens is 1. The molecule has 0 spiro atoms. The molecule has 2 N–H and O–H groups in total. The molecule has 3 aromatic rings. The number of nitrogen functional groups attached to an aromatic ring is 1. The highest BCUT2D eigenvalue weighted by Gasteiger charge is 2.05. The highest BCUT2D eigenvalue weighted by Crippen LogP contribution is 2.23. The summed E-state index contributed by atoms with van der Waals surface area (Å²) in [7, 11) is 0. The standard InChI is InChI=1S/C17H17FN2O/c1-2-21-16-3-4-17-13(9-16)5-6-20(17)11-12-7-14(18)10-15(19)8-12/h3-10H,2,11,19H2,1H3. The molecule has 0 aliphatic carbocycles. The number of anilines is 1. The molecule has 0 amide bonds. The molecule has 0 aliphatic rings. The van der Waals surface area contributed by atoms with Gasteiger partial charge in [0.2, 0.25) is 0 Å². The van der Waals surface area contributed by atoms with Crippen molar-refractivity contribution >= 4 is 16.6 Å². The summed E-state index contributed by atoms with van der Waals surface area (Å²) in [6, 6.07) is 12.6. The van der Waals surface area contributed by atoms with Crippen LogP contribution in [0.4, 0.5) is 10.1 Å². The first-order valence-corrected chi connectivity index (χ1v) is 6.92. The number of nitrogens with two attached hydrogens (primary N) is 1. The Bertz CT molecular complexity index is 759. The lowest BCUT2D eigenvalue weighted by Gasteiger charge is -2.08. The van der Waals surface area contributed by atoms with Gasteiger partial charge in [0.15, 0.2) is 0 Å². The van der Waals surface area contributed by atoms with Crippen molar-refractivity contribution in [2.45, 2.75) is 13.5 Å². The Morgan fingerprint density at radius 2 is 2.00 bits per heavy atom. The number of benzene rings is 2. The third-order valence-electron chi connectivity index (χ3n) is 3.39. The molecule has 3 rings (SSSR count). The average Bonchev–Trinajstić information content (AvgIpc) is 2.80. The van der Waals surface area contributed by atoms with E-state index in [1.54, 1.807) is 6.07 Å². The van der Waals surface area contributed by atoms with Crippen molar-refractivity contribution in [1.82, 2.24) is 4.57 Å². The summed E-state index contributed by atoms with van der Waals surface area (Å²) in [4.78, 5) is 0. The second-order valence-electron chi connectivity index (χ2n) is 4.99. The van der Waals surface area contributed by atoms with E-state index in [0.717, 1.165) is 22.2 Å². The lowest BCUT2D eigenvalue weighted by atomic mass is 10.2. The van der Waals surface area contributed by atoms with Gasteiger partial charge in [0.1, 0.15) is 11.6 Å². The first-order valence-electron chi connectivity index (χ1n) is 6.92. The van der Waals surface area contributed by atoms with E-state index in [4.69, 9.17) is 10.5 Å². The van der Waals surface area contributed by atoms with Crippen LogP contribution in [0.25, 0.3) is 10.9 Å². The molecule has 4 heteroatoms. The van der Waals surface area contributed by atoms with Gasteiger partial charge in [0.05, 0.1) is 6.61 Å². The van der Waals surface area contributed by atoms with E-state index in [-0.39, 0.29) is 5.82 Å². The number of ether oxygens (including phenoxy) is 1. The van der Waals surface area contributed by atoms with Gasteiger partial charge in [-0.15, -0.1) is 0 Å². The van der Waals surface area contributed by atoms with Crippen LogP contribution in [-0.4, -0.2) is 11.2 Å². The molecule has 0 atom stereocenters. The second-order valence-corrected chi connectivity index (χ2v) is 4.99. The Kier molecular flexibility index (Phi) is 3.52. The van der Waals surface area contributed by atoms with Crippen LogP contribution in [0.15, 0.2) is 48.7 Å². The van der Waals surface area contributed by atoms with Crippen molar-refractivity contribution < 1.29 is 9.13 Å². The molecule has 3 nitrogen and oxygen atoms in total. The zero-order chi connectivity index (χ0) is 14.8. The SMILES string of the molecule is CCOc1ccc2c(ccn2Cc2cc(N)cc(F)c2)c1. The summed E-state index contributed by atoms with van der Waals surface area (Å²) in [6.07, 6.45) is 1.99. The van der Waals surface area contributed by atoms with Gasteiger partial charge in [0.25, 0.3) is 0 Å². The van der Waals surface area contributed by atoms with Gasteiger partial charge in [-0.2, -0.15) is 0 Å². The molecule has 0 aliphatic heterocycles. The van der Waals surface area contributed by atoms with E-state index in [0.29, 0.717) is 18.8 Å². The lowest BCUT2D eigenvalue weighted by Crippen LogP contribution is -2.00. The molecule has 0 saturated heterocycles. The highest BCUT2D eigenvalue weighted by molar-refractivity contribution is 5.81. The molecular weight excluding hydrogens is 267 g/mol. The summed E-state index contributed by atoms with van der Waals surface area (Å²) in [6.45, 7) is 3.19. The molecule has 1 heterocycles. The van der Waals surface area contributed by atoms with Crippen LogP contribution in [0.3, 0.4) is 0 Å². The third-order valence-corrected chi connectivity index (χ3v) is 3.39. The molecule has 108 valence electrons. The van der Waals surface area contributed by atoms with Crippen LogP contribution in [0.2, 0.25) is 0 Å². The van der Waals surface area contributed by atoms with Gasteiger partial charge in [-0.25, -0.2) is 4.39 Å². The number of aromatic nitrogens is 1. The summed E-state index contributed by atoms with van der Waals surface area (Å²) in [5.74, 6) is 0.554. The fourth-order valence-electron chi connectivity index (χ4n) is 2.54. The van der Waals surface area contributed by atoms with Crippen LogP contribution >= 0.6 is 0 Å². The number of fused-ring (bicyclic) bond motifs is 1. The smallest absolute Gasteiger partial charge is 0.125 e. The minimum Gasteiger partial charge on any atom is -0.494 e. The Morgan fingerprint density at radius 3 is 2.76 bits per heavy atom. The largest absolute Gasteiger partial charge is 0.494 e. The first kappa shape index (κ1) is 13.5. The maximum absolute atomic E-state index is 13.4. The van der Waals surface area contributed by atoms with Crippen molar-refractivity contribution in [3.8, 4) is 5.75 Å². The Labute approximate surface area is 122 Å². The summed E-state index contributed by atoms with van der Waals surface area (Å²) in [5, 5.41) is 1.10. The fraction of sp³-hybridized carbons (Fsp3) is 0.176. The molecule has 2 aromatic carbocycles. The van der Waals surface area contributed by atoms with Crippen LogP contribution in [0.5, 0.6) is 5.75 Å². The Balaban J connectivity index is 1.93. The van der Waals surface area contributed by atoms with E-state index in [9.17, 15) is 4.39 Å². The predicted molar refractivity (Wildman–Crippen MR) is 83.0 cm³/mol. The maximum Gasteiger partial charge on any atom is 0.125 e. The van der Waals surface area contributed by atoms with Crippen LogP contribution < -0.4 is 10.5 Å². The van der Waals surface area contributed by atoms with Gasteiger partial charge < -0.3 is 15.0 Å². The van der Waals surface area contributed by atoms with E-state index in [1.807, 2.05) is 37.4 Å². The molecule has 0 radical (unpaired) electrons. The fourth-order valence-corrected chi connectivity index (χ4v) is 2.54. The molecular formula is C17H17FN2O. The molecule has 0 unspecified atom stereocenters. The van der Waals surface area contributed by atoms with Gasteiger partial charge in [-0.05, 0) is 55.0 Å². The van der Waals surface area contributed by atoms with Crippen LogP contribution in [-0.2, 0) is 6.54 Å². The van der Waals surface area contributed by atoms with E-state index in [1.165, 1.54) is 12.1 Å². The second kappa shape index (κ2) is 5.48. The van der Waals surface area contributed by atoms with Crippen LogP contribution in [0.1, 0.15) is 12.5 Å². The van der Waals surface area contributed by atoms with E-state index >= 15 is 0 Å². The van der Waals surface area contributed by atoms with Crippen molar-refractivity contribution in [3.63, 3.8) is 0 Å². The minimum atomic E-state index is -0.305. The number of hydrogen-bond donors (Lipinski definition) is 1. The predicted octanol–water partition coefficient (Wildman–Crippen LogP) is 3.81. The minimum absolute atomic E-state index is 0.305. The monoisotopic (exact) mass is 284 g/mol. The third kappa shape index (κ3) is 2.84. The normalized spacial score (nSPS) is 11.0. The Morgan fingerprint density at radius 1 is 1.14 bits per heavy atom. The summed E-state index contributed by atoms with van der Waals surface area (Å²) in [5.41, 5.74) is 8.06. The number of rotatable bonds is 4. The zero-order valence-corrected chi connectivity index (χ0v) is 11.8. The van der Waals surface area contributed by atoms with Crippen molar-refractivity contribution in [1.29, 1.82) is 0 Å². The van der Waals surface area contributed by atoms with E-state index < -0.39 is 0 Å². The van der Waals surface area contributed by atoms with Gasteiger partial charge in [-0.3, -0.25) is 0 Å². The molecule has 1 aromatic heterocycles. The van der Waals surface area contributed by atoms with Crippen molar-refractivity contribution in [3.05, 3.63) is 60.0 Å². The average molecular weight is 284 g/mol. The first-order chi connectivity index (χ1) is 10.2. The van der Waals surface area contributed by atoms with Crippen LogP contribution in [0, 0.1) is 5.82 Å². The van der Waals surface area contributed by atoms with Gasteiger partial charge in [0, 0.05) is 29.3 Å². The maximum atomic E-state index is 13.4. The highest BCUT2D eigenvalue weighted by atomic mass is 19.1. The van der Waals surface area contributed by atoms with E-state index in [2.05, 4.69) is 4.57 Å². The van der Waals surface area contributed by atoms with Crippen molar-refractivity contribution in [2.24, 2.45) is 0 Å². The van der Waals surface area contributed by atoms with Crippen molar-refractivity contribution in [2.75, 3.05) is 12.3 Å². The van der Waals surface area contributed by atoms with Gasteiger partial charge >= 0.3 is 0 Å². The van der Waals surface area contributed by atoms with Gasteiger partial charge in [-0.1, -0.05) is 0 Å². The quantitative estimate of drug-likeness (QED) is 0.740. The molecule has 0 saturated carbocycles. The molecule has 0 fully saturated rings. The number of nitrogens with zero attached hydrogens (tertiary/aromatic N) is 1.